The molecule has 0 saturated carbocycles. The molecule has 0 aliphatic carbocycles. The summed E-state index contributed by atoms with van der Waals surface area (Å²) in [5.74, 6) is -4.04. The van der Waals surface area contributed by atoms with Crippen molar-refractivity contribution in [3.63, 3.8) is 0 Å². The Balaban J connectivity index is 1.66. The van der Waals surface area contributed by atoms with Gasteiger partial charge in [0.05, 0.1) is 37.3 Å². The standard InChI is InChI=1S/C35H47N3O8/c1-21(2)24(19-39)38-30-32(42)37(34(3,4)5)18-12-17-35(30)28(31(38)41)27-25(46-35)15-10-11-16-26(40)36-23(20-44-6)29(45-33(27)43)22-13-8-7-9-14-22/h7-10,12-15,17,21,23-25,27-30,39H,11,16,18-20H2,1-6H3,(H,36,40)/b15-10-/t23-,24-,25-,27+,28+,29-,30-,35+/m0/s1. The number of ether oxygens (including phenoxy) is 3. The molecule has 4 aliphatic rings. The number of cyclic esters (lactones) is 1. The van der Waals surface area contributed by atoms with Gasteiger partial charge in [-0.15, -0.1) is 0 Å². The topological polar surface area (TPSA) is 135 Å². The number of nitrogens with one attached hydrogen (secondary N) is 1. The van der Waals surface area contributed by atoms with Gasteiger partial charge in [0.25, 0.3) is 0 Å². The van der Waals surface area contributed by atoms with Crippen LogP contribution in [0.25, 0.3) is 0 Å². The molecule has 11 nitrogen and oxygen atoms in total. The Morgan fingerprint density at radius 3 is 2.43 bits per heavy atom. The molecule has 1 aromatic carbocycles. The first-order valence-corrected chi connectivity index (χ1v) is 16.2. The zero-order valence-corrected chi connectivity index (χ0v) is 27.5. The zero-order valence-electron chi connectivity index (χ0n) is 27.5. The fraction of sp³-hybridized carbons (Fsp3) is 0.600. The minimum atomic E-state index is -1.49. The molecular weight excluding hydrogens is 590 g/mol. The van der Waals surface area contributed by atoms with Crippen molar-refractivity contribution in [3.05, 3.63) is 60.2 Å². The predicted molar refractivity (Wildman–Crippen MR) is 169 cm³/mol. The third-order valence-electron chi connectivity index (χ3n) is 9.62. The number of hydrogen-bond acceptors (Lipinski definition) is 8. The molecule has 0 unspecified atom stereocenters. The van der Waals surface area contributed by atoms with Crippen LogP contribution >= 0.6 is 0 Å². The van der Waals surface area contributed by atoms with E-state index in [-0.39, 0.29) is 37.4 Å². The van der Waals surface area contributed by atoms with E-state index in [1.54, 1.807) is 23.1 Å². The lowest BCUT2D eigenvalue weighted by atomic mass is 9.77. The fourth-order valence-corrected chi connectivity index (χ4v) is 7.41. The van der Waals surface area contributed by atoms with Gasteiger partial charge in [0.2, 0.25) is 17.7 Å². The van der Waals surface area contributed by atoms with Crippen LogP contribution in [0.4, 0.5) is 0 Å². The molecule has 3 amide bonds. The maximum atomic E-state index is 14.7. The first kappa shape index (κ1) is 33.8. The van der Waals surface area contributed by atoms with Crippen LogP contribution in [0.5, 0.6) is 0 Å². The number of carbonyl (C=O) groups is 4. The number of fused-ring (bicyclic) bond motifs is 2. The number of benzene rings is 1. The number of aliphatic hydroxyl groups is 1. The highest BCUT2D eigenvalue weighted by Gasteiger charge is 2.73. The lowest BCUT2D eigenvalue weighted by Crippen LogP contribution is -2.61. The van der Waals surface area contributed by atoms with Crippen molar-refractivity contribution in [2.75, 3.05) is 26.9 Å². The van der Waals surface area contributed by atoms with E-state index in [2.05, 4.69) is 5.32 Å². The maximum absolute atomic E-state index is 14.7. The van der Waals surface area contributed by atoms with E-state index in [0.29, 0.717) is 18.5 Å². The number of esters is 1. The summed E-state index contributed by atoms with van der Waals surface area (Å²) in [5.41, 5.74) is -1.41. The number of amides is 3. The van der Waals surface area contributed by atoms with Gasteiger partial charge in [0, 0.05) is 25.6 Å². The Labute approximate surface area is 270 Å². The Kier molecular flexibility index (Phi) is 9.77. The zero-order chi connectivity index (χ0) is 33.4. The van der Waals surface area contributed by atoms with Crippen molar-refractivity contribution < 1.29 is 38.5 Å². The molecule has 4 heterocycles. The number of methoxy groups -OCH3 is 1. The first-order chi connectivity index (χ1) is 21.9. The van der Waals surface area contributed by atoms with Gasteiger partial charge in [-0.05, 0) is 38.7 Å². The summed E-state index contributed by atoms with van der Waals surface area (Å²) >= 11 is 0. The van der Waals surface area contributed by atoms with Gasteiger partial charge >= 0.3 is 5.97 Å². The summed E-state index contributed by atoms with van der Waals surface area (Å²) in [6.07, 6.45) is 5.82. The molecule has 5 rings (SSSR count). The van der Waals surface area contributed by atoms with Gasteiger partial charge in [-0.3, -0.25) is 19.2 Å². The highest BCUT2D eigenvalue weighted by molar-refractivity contribution is 5.99. The summed E-state index contributed by atoms with van der Waals surface area (Å²) < 4.78 is 18.5. The summed E-state index contributed by atoms with van der Waals surface area (Å²) in [6.45, 7) is 9.58. The molecule has 2 fully saturated rings. The number of rotatable bonds is 6. The predicted octanol–water partition coefficient (Wildman–Crippen LogP) is 2.55. The van der Waals surface area contributed by atoms with Gasteiger partial charge in [-0.1, -0.05) is 68.5 Å². The van der Waals surface area contributed by atoms with Crippen molar-refractivity contribution in [3.8, 4) is 0 Å². The Morgan fingerprint density at radius 1 is 1.09 bits per heavy atom. The van der Waals surface area contributed by atoms with E-state index in [1.807, 2.05) is 71.0 Å². The highest BCUT2D eigenvalue weighted by Crippen LogP contribution is 2.54. The fourth-order valence-electron chi connectivity index (χ4n) is 7.41. The third kappa shape index (κ3) is 6.00. The van der Waals surface area contributed by atoms with E-state index in [9.17, 15) is 24.3 Å². The SMILES string of the molecule is COC[C@@H]1NC(=O)CC/C=C\[C@@H]2O[C@@]34C=CCN(C(C)(C)C)C(=O)[C@@H]3N([C@@H](CO)C(C)C)C(=O)[C@H]4[C@@H]2C(=O)O[C@H]1c1ccccc1. The number of nitrogens with zero attached hydrogens (tertiary/aromatic N) is 2. The van der Waals surface area contributed by atoms with Crippen molar-refractivity contribution in [1.82, 2.24) is 15.1 Å². The molecule has 4 aliphatic heterocycles. The van der Waals surface area contributed by atoms with Crippen LogP contribution in [-0.4, -0.2) is 101 Å². The van der Waals surface area contributed by atoms with Gasteiger partial charge in [0.1, 0.15) is 23.7 Å². The number of likely N-dealkylation sites (tertiary alicyclic amines) is 1. The molecule has 2 saturated heterocycles. The Bertz CT molecular complexity index is 1370. The quantitative estimate of drug-likeness (QED) is 0.359. The largest absolute Gasteiger partial charge is 0.455 e. The molecule has 1 spiro atoms. The van der Waals surface area contributed by atoms with E-state index in [0.717, 1.165) is 0 Å². The second kappa shape index (κ2) is 13.3. The van der Waals surface area contributed by atoms with Crippen LogP contribution in [0.3, 0.4) is 0 Å². The Hall–Kier alpha value is -3.54. The highest BCUT2D eigenvalue weighted by atomic mass is 16.6. The summed E-state index contributed by atoms with van der Waals surface area (Å²) in [6, 6.07) is 6.59. The van der Waals surface area contributed by atoms with Gasteiger partial charge in [-0.25, -0.2) is 0 Å². The third-order valence-corrected chi connectivity index (χ3v) is 9.62. The maximum Gasteiger partial charge on any atom is 0.313 e. The molecule has 8 atom stereocenters. The molecule has 0 bridgehead atoms. The molecule has 11 heteroatoms. The van der Waals surface area contributed by atoms with Crippen LogP contribution < -0.4 is 5.32 Å². The average molecular weight is 638 g/mol. The minimum Gasteiger partial charge on any atom is -0.455 e. The second-order valence-electron chi connectivity index (χ2n) is 14.0. The smallest absolute Gasteiger partial charge is 0.313 e. The van der Waals surface area contributed by atoms with Crippen molar-refractivity contribution in [1.29, 1.82) is 0 Å². The number of hydrogen-bond donors (Lipinski definition) is 2. The monoisotopic (exact) mass is 637 g/mol. The van der Waals surface area contributed by atoms with E-state index in [1.165, 1.54) is 12.0 Å². The number of allylic oxidation sites excluding steroid dienone is 1. The van der Waals surface area contributed by atoms with Crippen molar-refractivity contribution in [2.24, 2.45) is 17.8 Å². The Morgan fingerprint density at radius 2 is 1.80 bits per heavy atom. The average Bonchev–Trinajstić information content (AvgIpc) is 3.38. The van der Waals surface area contributed by atoms with Crippen LogP contribution in [0, 0.1) is 17.8 Å². The van der Waals surface area contributed by atoms with Gasteiger partial charge in [-0.2, -0.15) is 0 Å². The summed E-state index contributed by atoms with van der Waals surface area (Å²) in [4.78, 5) is 59.9. The molecule has 2 N–H and O–H groups in total. The van der Waals surface area contributed by atoms with Gasteiger partial charge < -0.3 is 34.4 Å². The van der Waals surface area contributed by atoms with E-state index in [4.69, 9.17) is 14.2 Å². The molecule has 46 heavy (non-hydrogen) atoms. The lowest BCUT2D eigenvalue weighted by Gasteiger charge is -2.42. The van der Waals surface area contributed by atoms with Gasteiger partial charge in [0.15, 0.2) is 0 Å². The molecule has 0 aromatic heterocycles. The van der Waals surface area contributed by atoms with Crippen LogP contribution in [0.1, 0.15) is 59.1 Å². The summed E-state index contributed by atoms with van der Waals surface area (Å²) in [5, 5.41) is 13.5. The molecule has 0 radical (unpaired) electrons. The van der Waals surface area contributed by atoms with Crippen LogP contribution in [-0.2, 0) is 33.4 Å². The molecule has 250 valence electrons. The molecule has 1 aromatic rings. The minimum absolute atomic E-state index is 0.0770. The van der Waals surface area contributed by atoms with E-state index < -0.39 is 65.2 Å². The molecular formula is C35H47N3O8. The van der Waals surface area contributed by atoms with Crippen molar-refractivity contribution in [2.45, 2.75) is 88.9 Å². The van der Waals surface area contributed by atoms with Crippen molar-refractivity contribution >= 4 is 23.7 Å². The first-order valence-electron chi connectivity index (χ1n) is 16.2. The number of carbonyl (C=O) groups excluding carboxylic acids is 4. The normalized spacial score (nSPS) is 33.3. The second-order valence-corrected chi connectivity index (χ2v) is 14.0. The van der Waals surface area contributed by atoms with Crippen LogP contribution in [0.2, 0.25) is 0 Å². The summed E-state index contributed by atoms with van der Waals surface area (Å²) in [7, 11) is 1.51. The van der Waals surface area contributed by atoms with Crippen LogP contribution in [0.15, 0.2) is 54.6 Å². The number of aliphatic hydroxyl groups excluding tert-OH is 1. The lowest BCUT2D eigenvalue weighted by molar-refractivity contribution is -0.163. The van der Waals surface area contributed by atoms with E-state index >= 15 is 0 Å².